The van der Waals surface area contributed by atoms with Crippen LogP contribution in [-0.2, 0) is 0 Å². The van der Waals surface area contributed by atoms with Gasteiger partial charge in [0.1, 0.15) is 11.1 Å². The van der Waals surface area contributed by atoms with Crippen LogP contribution in [0.2, 0.25) is 0 Å². The van der Waals surface area contributed by atoms with Crippen LogP contribution >= 0.6 is 12.2 Å². The van der Waals surface area contributed by atoms with Gasteiger partial charge in [0.25, 0.3) is 5.69 Å². The SMILES string of the molecule is COc1ccc(OC)c([NH+]=C(O)C=S)c1. The summed E-state index contributed by atoms with van der Waals surface area (Å²) in [6.07, 6.45) is 0. The quantitative estimate of drug-likeness (QED) is 0.442. The van der Waals surface area contributed by atoms with Crippen molar-refractivity contribution in [2.24, 2.45) is 0 Å². The highest BCUT2D eigenvalue weighted by Crippen LogP contribution is 2.24. The first kappa shape index (κ1) is 11.5. The molecule has 0 aromatic heterocycles. The van der Waals surface area contributed by atoms with Crippen LogP contribution in [0.1, 0.15) is 0 Å². The van der Waals surface area contributed by atoms with Crippen molar-refractivity contribution >= 4 is 29.2 Å². The van der Waals surface area contributed by atoms with Crippen LogP contribution < -0.4 is 14.5 Å². The van der Waals surface area contributed by atoms with Gasteiger partial charge in [-0.15, -0.1) is 0 Å². The third kappa shape index (κ3) is 2.92. The Morgan fingerprint density at radius 2 is 2.13 bits per heavy atom. The van der Waals surface area contributed by atoms with Crippen molar-refractivity contribution in [1.82, 2.24) is 0 Å². The number of rotatable bonds is 4. The predicted molar refractivity (Wildman–Crippen MR) is 61.5 cm³/mol. The van der Waals surface area contributed by atoms with Crippen molar-refractivity contribution in [1.29, 1.82) is 0 Å². The predicted octanol–water partition coefficient (Wildman–Crippen LogP) is 0.372. The van der Waals surface area contributed by atoms with Crippen LogP contribution in [0.3, 0.4) is 0 Å². The fraction of sp³-hybridized carbons (Fsp3) is 0.200. The number of aliphatic hydroxyl groups excluding tert-OH is 1. The van der Waals surface area contributed by atoms with Gasteiger partial charge in [0.15, 0.2) is 5.75 Å². The van der Waals surface area contributed by atoms with Crippen LogP contribution in [0.15, 0.2) is 18.2 Å². The third-order valence-corrected chi connectivity index (χ3v) is 2.00. The van der Waals surface area contributed by atoms with Crippen LogP contribution in [0.25, 0.3) is 0 Å². The Kier molecular flexibility index (Phi) is 4.05. The van der Waals surface area contributed by atoms with Gasteiger partial charge in [-0.05, 0) is 12.1 Å². The number of benzene rings is 1. The van der Waals surface area contributed by atoms with E-state index in [0.717, 1.165) is 5.37 Å². The summed E-state index contributed by atoms with van der Waals surface area (Å²) in [4.78, 5) is 2.69. The highest BCUT2D eigenvalue weighted by molar-refractivity contribution is 7.80. The summed E-state index contributed by atoms with van der Waals surface area (Å²) < 4.78 is 10.1. The normalized spacial score (nSPS) is 10.9. The summed E-state index contributed by atoms with van der Waals surface area (Å²) in [5, 5.41) is 10.4. The molecule has 0 spiro atoms. The van der Waals surface area contributed by atoms with Crippen molar-refractivity contribution < 1.29 is 19.6 Å². The average Bonchev–Trinajstić information content (AvgIpc) is 2.28. The van der Waals surface area contributed by atoms with Gasteiger partial charge in [-0.25, -0.2) is 0 Å². The van der Waals surface area contributed by atoms with E-state index in [0.29, 0.717) is 17.2 Å². The number of ether oxygens (including phenoxy) is 2. The largest absolute Gasteiger partial charge is 0.497 e. The summed E-state index contributed by atoms with van der Waals surface area (Å²) in [5.41, 5.74) is 0.593. The monoisotopic (exact) mass is 226 g/mol. The minimum Gasteiger partial charge on any atom is -0.497 e. The molecule has 0 amide bonds. The Balaban J connectivity index is 3.17. The van der Waals surface area contributed by atoms with Crippen LogP contribution in [0.4, 0.5) is 5.69 Å². The van der Waals surface area contributed by atoms with E-state index in [9.17, 15) is 5.11 Å². The number of hydrogen-bond donors (Lipinski definition) is 2. The average molecular weight is 226 g/mol. The Labute approximate surface area is 93.2 Å². The molecule has 0 bridgehead atoms. The smallest absolute Gasteiger partial charge is 0.375 e. The van der Waals surface area contributed by atoms with E-state index < -0.39 is 0 Å². The van der Waals surface area contributed by atoms with E-state index in [1.165, 1.54) is 0 Å². The molecule has 0 aliphatic carbocycles. The van der Waals surface area contributed by atoms with E-state index in [4.69, 9.17) is 9.47 Å². The molecule has 1 aromatic carbocycles. The lowest BCUT2D eigenvalue weighted by Crippen LogP contribution is -2.67. The minimum atomic E-state index is -0.114. The zero-order valence-electron chi connectivity index (χ0n) is 8.48. The molecule has 15 heavy (non-hydrogen) atoms. The molecule has 5 heteroatoms. The molecule has 0 heterocycles. The van der Waals surface area contributed by atoms with Gasteiger partial charge in [0, 0.05) is 0 Å². The number of nitrogens with one attached hydrogen (secondary N) is 1. The first-order valence-electron chi connectivity index (χ1n) is 4.21. The maximum Gasteiger partial charge on any atom is 0.375 e. The standard InChI is InChI=1S/C10H11NO3S/c1-13-7-3-4-9(14-2)8(5-7)11-10(12)6-15/h3-6H,1-2H3,(H,11,12)/p+1. The maximum atomic E-state index is 9.24. The van der Waals surface area contributed by atoms with Gasteiger partial charge in [-0.3, -0.25) is 0 Å². The molecule has 0 aliphatic rings. The van der Waals surface area contributed by atoms with Crippen molar-refractivity contribution in [3.05, 3.63) is 18.2 Å². The van der Waals surface area contributed by atoms with Crippen LogP contribution in [0, 0.1) is 0 Å². The second-order valence-electron chi connectivity index (χ2n) is 2.69. The fourth-order valence-corrected chi connectivity index (χ4v) is 1.14. The minimum absolute atomic E-state index is 0.114. The van der Waals surface area contributed by atoms with Crippen LogP contribution in [-0.4, -0.2) is 30.6 Å². The second kappa shape index (κ2) is 5.31. The van der Waals surface area contributed by atoms with E-state index >= 15 is 0 Å². The highest BCUT2D eigenvalue weighted by atomic mass is 32.1. The molecule has 80 valence electrons. The topological polar surface area (TPSA) is 52.7 Å². The molecule has 0 fully saturated rings. The van der Waals surface area contributed by atoms with Gasteiger partial charge < -0.3 is 14.6 Å². The lowest BCUT2D eigenvalue weighted by molar-refractivity contribution is -0.363. The Hall–Kier alpha value is -1.62. The van der Waals surface area contributed by atoms with Gasteiger partial charge in [0.05, 0.1) is 20.3 Å². The summed E-state index contributed by atoms with van der Waals surface area (Å²) in [5.74, 6) is 1.14. The Morgan fingerprint density at radius 3 is 2.67 bits per heavy atom. The molecule has 2 N–H and O–H groups in total. The molecule has 0 atom stereocenters. The molecule has 0 saturated carbocycles. The van der Waals surface area contributed by atoms with Gasteiger partial charge in [-0.2, -0.15) is 4.99 Å². The first-order valence-corrected chi connectivity index (χ1v) is 4.68. The zero-order valence-corrected chi connectivity index (χ0v) is 9.30. The number of aliphatic hydroxyl groups is 1. The Morgan fingerprint density at radius 1 is 1.40 bits per heavy atom. The lowest BCUT2D eigenvalue weighted by atomic mass is 10.3. The molecule has 0 aliphatic heterocycles. The first-order chi connectivity index (χ1) is 7.21. The molecule has 1 aromatic rings. The molecular weight excluding hydrogens is 214 g/mol. The van der Waals surface area contributed by atoms with Gasteiger partial charge in [0.2, 0.25) is 0 Å². The van der Waals surface area contributed by atoms with E-state index in [-0.39, 0.29) is 5.90 Å². The van der Waals surface area contributed by atoms with Gasteiger partial charge in [-0.1, -0.05) is 12.2 Å². The van der Waals surface area contributed by atoms with Crippen molar-refractivity contribution in [3.63, 3.8) is 0 Å². The van der Waals surface area contributed by atoms with Crippen molar-refractivity contribution in [2.45, 2.75) is 0 Å². The summed E-state index contributed by atoms with van der Waals surface area (Å²) in [6.45, 7) is 0. The highest BCUT2D eigenvalue weighted by Gasteiger charge is 2.10. The molecule has 4 nitrogen and oxygen atoms in total. The third-order valence-electron chi connectivity index (χ3n) is 1.78. The molecular formula is C10H12NO3S+. The molecule has 0 unspecified atom stereocenters. The second-order valence-corrected chi connectivity index (χ2v) is 2.93. The zero-order chi connectivity index (χ0) is 11.3. The molecule has 0 radical (unpaired) electrons. The van der Waals surface area contributed by atoms with E-state index in [1.807, 2.05) is 0 Å². The van der Waals surface area contributed by atoms with Gasteiger partial charge >= 0.3 is 5.90 Å². The van der Waals surface area contributed by atoms with E-state index in [1.54, 1.807) is 32.4 Å². The molecule has 1 rings (SSSR count). The van der Waals surface area contributed by atoms with Crippen molar-refractivity contribution in [3.8, 4) is 11.5 Å². The van der Waals surface area contributed by atoms with Crippen LogP contribution in [0.5, 0.6) is 11.5 Å². The Bertz CT molecular complexity index is 390. The molecule has 0 saturated heterocycles. The summed E-state index contributed by atoms with van der Waals surface area (Å²) >= 11 is 4.57. The fourth-order valence-electron chi connectivity index (χ4n) is 1.08. The number of methoxy groups -OCH3 is 2. The van der Waals surface area contributed by atoms with Crippen molar-refractivity contribution in [2.75, 3.05) is 14.2 Å². The number of thiocarbonyl (C=S) groups is 1. The number of hydrogen-bond acceptors (Lipinski definition) is 3. The lowest BCUT2D eigenvalue weighted by Gasteiger charge is -2.02. The maximum absolute atomic E-state index is 9.24. The summed E-state index contributed by atoms with van der Waals surface area (Å²) in [7, 11) is 3.11. The summed E-state index contributed by atoms with van der Waals surface area (Å²) in [6, 6.07) is 5.20. The van der Waals surface area contributed by atoms with E-state index in [2.05, 4.69) is 17.2 Å².